The topological polar surface area (TPSA) is 55.9 Å². The maximum atomic E-state index is 5.72. The molecule has 0 radical (unpaired) electrons. The van der Waals surface area contributed by atoms with Crippen molar-refractivity contribution in [2.45, 2.75) is 32.4 Å². The molecule has 0 aromatic carbocycles. The largest absolute Gasteiger partial charge is 0.439 e. The van der Waals surface area contributed by atoms with E-state index in [4.69, 9.17) is 4.42 Å². The SMILES string of the molecule is Cc1c(-c2cnc(CNC3CC3)o2)cnn1C. The Bertz CT molecular complexity index is 524. The Balaban J connectivity index is 1.76. The fraction of sp³-hybridized carbons (Fsp3) is 0.500. The molecule has 3 rings (SSSR count). The third-order valence-electron chi connectivity index (χ3n) is 3.17. The van der Waals surface area contributed by atoms with E-state index in [-0.39, 0.29) is 0 Å². The van der Waals surface area contributed by atoms with Crippen LogP contribution in [0.2, 0.25) is 0 Å². The predicted octanol–water partition coefficient (Wildman–Crippen LogP) is 1.64. The van der Waals surface area contributed by atoms with E-state index < -0.39 is 0 Å². The lowest BCUT2D eigenvalue weighted by atomic mass is 10.2. The number of aromatic nitrogens is 3. The van der Waals surface area contributed by atoms with Crippen molar-refractivity contribution in [2.75, 3.05) is 0 Å². The molecule has 1 aliphatic carbocycles. The van der Waals surface area contributed by atoms with Crippen molar-refractivity contribution in [3.8, 4) is 11.3 Å². The molecule has 0 atom stereocenters. The lowest BCUT2D eigenvalue weighted by molar-refractivity contribution is 0.476. The Morgan fingerprint density at radius 3 is 2.94 bits per heavy atom. The van der Waals surface area contributed by atoms with Gasteiger partial charge in [-0.25, -0.2) is 4.98 Å². The van der Waals surface area contributed by atoms with Crippen LogP contribution in [-0.4, -0.2) is 20.8 Å². The lowest BCUT2D eigenvalue weighted by Crippen LogP contribution is -2.15. The minimum Gasteiger partial charge on any atom is -0.439 e. The van der Waals surface area contributed by atoms with Gasteiger partial charge in [0, 0.05) is 18.8 Å². The second-order valence-electron chi connectivity index (χ2n) is 4.54. The van der Waals surface area contributed by atoms with Crippen LogP contribution in [0.4, 0.5) is 0 Å². The van der Waals surface area contributed by atoms with Crippen LogP contribution in [0.1, 0.15) is 24.4 Å². The van der Waals surface area contributed by atoms with Gasteiger partial charge in [-0.3, -0.25) is 4.68 Å². The molecule has 0 spiro atoms. The Morgan fingerprint density at radius 2 is 2.29 bits per heavy atom. The molecule has 0 aliphatic heterocycles. The first-order valence-electron chi connectivity index (χ1n) is 5.91. The molecule has 5 nitrogen and oxygen atoms in total. The third kappa shape index (κ3) is 2.10. The van der Waals surface area contributed by atoms with Crippen molar-refractivity contribution in [3.05, 3.63) is 24.0 Å². The fourth-order valence-corrected chi connectivity index (χ4v) is 1.78. The van der Waals surface area contributed by atoms with Gasteiger partial charge in [-0.15, -0.1) is 0 Å². The highest BCUT2D eigenvalue weighted by molar-refractivity contribution is 5.58. The van der Waals surface area contributed by atoms with Gasteiger partial charge in [0.25, 0.3) is 0 Å². The highest BCUT2D eigenvalue weighted by Gasteiger charge is 2.21. The van der Waals surface area contributed by atoms with Gasteiger partial charge in [0.05, 0.1) is 24.5 Å². The summed E-state index contributed by atoms with van der Waals surface area (Å²) in [6, 6.07) is 0.672. The zero-order chi connectivity index (χ0) is 11.8. The summed E-state index contributed by atoms with van der Waals surface area (Å²) in [5.74, 6) is 1.54. The Hall–Kier alpha value is -1.62. The molecule has 1 saturated carbocycles. The van der Waals surface area contributed by atoms with Crippen LogP contribution in [0.25, 0.3) is 11.3 Å². The Labute approximate surface area is 99.8 Å². The summed E-state index contributed by atoms with van der Waals surface area (Å²) in [5.41, 5.74) is 2.10. The van der Waals surface area contributed by atoms with Gasteiger partial charge in [0.1, 0.15) is 0 Å². The van der Waals surface area contributed by atoms with Gasteiger partial charge in [-0.2, -0.15) is 5.10 Å². The third-order valence-corrected chi connectivity index (χ3v) is 3.17. The molecule has 1 aliphatic rings. The van der Waals surface area contributed by atoms with Gasteiger partial charge in [-0.05, 0) is 19.8 Å². The van der Waals surface area contributed by atoms with Crippen molar-refractivity contribution in [3.63, 3.8) is 0 Å². The molecule has 2 aromatic rings. The van der Waals surface area contributed by atoms with Crippen LogP contribution in [0.3, 0.4) is 0 Å². The Kier molecular flexibility index (Phi) is 2.48. The summed E-state index contributed by atoms with van der Waals surface area (Å²) in [6.45, 7) is 2.73. The van der Waals surface area contributed by atoms with Crippen molar-refractivity contribution >= 4 is 0 Å². The van der Waals surface area contributed by atoms with Gasteiger partial charge < -0.3 is 9.73 Å². The van der Waals surface area contributed by atoms with E-state index in [1.165, 1.54) is 12.8 Å². The molecule has 0 unspecified atom stereocenters. The van der Waals surface area contributed by atoms with E-state index >= 15 is 0 Å². The number of hydrogen-bond acceptors (Lipinski definition) is 4. The Morgan fingerprint density at radius 1 is 1.47 bits per heavy atom. The second kappa shape index (κ2) is 4.00. The molecule has 17 heavy (non-hydrogen) atoms. The first kappa shape index (κ1) is 10.5. The summed E-state index contributed by atoms with van der Waals surface area (Å²) >= 11 is 0. The highest BCUT2D eigenvalue weighted by Crippen LogP contribution is 2.24. The highest BCUT2D eigenvalue weighted by atomic mass is 16.4. The zero-order valence-electron chi connectivity index (χ0n) is 10.1. The van der Waals surface area contributed by atoms with Crippen LogP contribution in [0.15, 0.2) is 16.8 Å². The minimum absolute atomic E-state index is 0.672. The first-order valence-corrected chi connectivity index (χ1v) is 5.91. The number of oxazole rings is 1. The fourth-order valence-electron chi connectivity index (χ4n) is 1.78. The summed E-state index contributed by atoms with van der Waals surface area (Å²) in [7, 11) is 1.92. The molecule has 1 fully saturated rings. The van der Waals surface area contributed by atoms with Crippen LogP contribution in [0.5, 0.6) is 0 Å². The van der Waals surface area contributed by atoms with Crippen LogP contribution in [-0.2, 0) is 13.6 Å². The van der Waals surface area contributed by atoms with E-state index in [1.54, 1.807) is 6.20 Å². The smallest absolute Gasteiger partial charge is 0.208 e. The lowest BCUT2D eigenvalue weighted by Gasteiger charge is -1.97. The van der Waals surface area contributed by atoms with Crippen LogP contribution in [0, 0.1) is 6.92 Å². The zero-order valence-corrected chi connectivity index (χ0v) is 10.1. The van der Waals surface area contributed by atoms with Gasteiger partial charge >= 0.3 is 0 Å². The van der Waals surface area contributed by atoms with Gasteiger partial charge in [0.2, 0.25) is 5.89 Å². The molecule has 0 amide bonds. The number of aryl methyl sites for hydroxylation is 1. The number of hydrogen-bond donors (Lipinski definition) is 1. The maximum Gasteiger partial charge on any atom is 0.208 e. The van der Waals surface area contributed by atoms with Crippen molar-refractivity contribution in [2.24, 2.45) is 7.05 Å². The van der Waals surface area contributed by atoms with Crippen molar-refractivity contribution < 1.29 is 4.42 Å². The average molecular weight is 232 g/mol. The van der Waals surface area contributed by atoms with Crippen LogP contribution >= 0.6 is 0 Å². The number of nitrogens with zero attached hydrogens (tertiary/aromatic N) is 3. The molecule has 5 heteroatoms. The summed E-state index contributed by atoms with van der Waals surface area (Å²) in [6.07, 6.45) is 6.13. The average Bonchev–Trinajstić information content (AvgIpc) is 2.95. The molecular formula is C12H16N4O. The predicted molar refractivity (Wildman–Crippen MR) is 63.3 cm³/mol. The molecule has 1 N–H and O–H groups in total. The maximum absolute atomic E-state index is 5.72. The molecule has 0 saturated heterocycles. The van der Waals surface area contributed by atoms with Gasteiger partial charge in [0.15, 0.2) is 5.76 Å². The van der Waals surface area contributed by atoms with E-state index in [0.29, 0.717) is 12.6 Å². The van der Waals surface area contributed by atoms with Gasteiger partial charge in [-0.1, -0.05) is 0 Å². The first-order chi connectivity index (χ1) is 8.24. The monoisotopic (exact) mass is 232 g/mol. The van der Waals surface area contributed by atoms with E-state index in [2.05, 4.69) is 15.4 Å². The quantitative estimate of drug-likeness (QED) is 0.870. The van der Waals surface area contributed by atoms with Crippen LogP contribution < -0.4 is 5.32 Å². The van der Waals surface area contributed by atoms with E-state index in [9.17, 15) is 0 Å². The molecule has 2 heterocycles. The summed E-state index contributed by atoms with van der Waals surface area (Å²) in [5, 5.41) is 7.58. The minimum atomic E-state index is 0.672. The molecular weight excluding hydrogens is 216 g/mol. The summed E-state index contributed by atoms with van der Waals surface area (Å²) in [4.78, 5) is 4.28. The van der Waals surface area contributed by atoms with Crippen molar-refractivity contribution in [1.29, 1.82) is 0 Å². The van der Waals surface area contributed by atoms with E-state index in [1.807, 2.05) is 24.9 Å². The number of rotatable bonds is 4. The molecule has 90 valence electrons. The second-order valence-corrected chi connectivity index (χ2v) is 4.54. The van der Waals surface area contributed by atoms with Crippen molar-refractivity contribution in [1.82, 2.24) is 20.1 Å². The molecule has 0 bridgehead atoms. The summed E-state index contributed by atoms with van der Waals surface area (Å²) < 4.78 is 7.55. The normalized spacial score (nSPS) is 15.4. The number of nitrogens with one attached hydrogen (secondary N) is 1. The standard InChI is InChI=1S/C12H16N4O/c1-8-10(5-15-16(8)2)11-6-14-12(17-11)7-13-9-3-4-9/h5-6,9,13H,3-4,7H2,1-2H3. The molecule has 2 aromatic heterocycles. The van der Waals surface area contributed by atoms with E-state index in [0.717, 1.165) is 22.9 Å².